The first-order valence-electron chi connectivity index (χ1n) is 6.92. The average molecular weight is 280 g/mol. The molecule has 1 N–H and O–H groups in total. The third-order valence-electron chi connectivity index (χ3n) is 2.93. The van der Waals surface area contributed by atoms with Crippen molar-refractivity contribution in [3.8, 4) is 0 Å². The van der Waals surface area contributed by atoms with Gasteiger partial charge in [0.15, 0.2) is 0 Å². The number of ether oxygens (including phenoxy) is 2. The smallest absolute Gasteiger partial charge is 0.321 e. The monoisotopic (exact) mass is 280 g/mol. The zero-order valence-corrected chi connectivity index (χ0v) is 12.5. The van der Waals surface area contributed by atoms with Crippen LogP contribution in [0.3, 0.4) is 0 Å². The number of urea groups is 1. The molecule has 0 atom stereocenters. The molecule has 0 aliphatic heterocycles. The Morgan fingerprint density at radius 1 is 1.25 bits per heavy atom. The first-order chi connectivity index (χ1) is 9.71. The van der Waals surface area contributed by atoms with Crippen LogP contribution in [0.15, 0.2) is 24.3 Å². The number of methoxy groups -OCH3 is 1. The highest BCUT2D eigenvalue weighted by Gasteiger charge is 2.09. The molecule has 0 aromatic heterocycles. The van der Waals surface area contributed by atoms with Crippen LogP contribution in [-0.2, 0) is 16.1 Å². The van der Waals surface area contributed by atoms with Crippen LogP contribution in [0, 0.1) is 0 Å². The lowest BCUT2D eigenvalue weighted by Gasteiger charge is -2.19. The fraction of sp³-hybridized carbons (Fsp3) is 0.533. The maximum absolute atomic E-state index is 12.0. The van der Waals surface area contributed by atoms with Gasteiger partial charge in [-0.2, -0.15) is 0 Å². The fourth-order valence-electron chi connectivity index (χ4n) is 1.78. The van der Waals surface area contributed by atoms with Crippen molar-refractivity contribution in [3.63, 3.8) is 0 Å². The second-order valence-corrected chi connectivity index (χ2v) is 4.35. The summed E-state index contributed by atoms with van der Waals surface area (Å²) < 4.78 is 10.4. The fourth-order valence-corrected chi connectivity index (χ4v) is 1.78. The van der Waals surface area contributed by atoms with E-state index >= 15 is 0 Å². The van der Waals surface area contributed by atoms with E-state index in [1.807, 2.05) is 38.1 Å². The van der Waals surface area contributed by atoms with E-state index in [2.05, 4.69) is 5.32 Å². The molecule has 0 aliphatic carbocycles. The van der Waals surface area contributed by atoms with Crippen LogP contribution < -0.4 is 5.32 Å². The van der Waals surface area contributed by atoms with E-state index < -0.39 is 0 Å². The van der Waals surface area contributed by atoms with Gasteiger partial charge in [-0.25, -0.2) is 4.79 Å². The predicted octanol–water partition coefficient (Wildman–Crippen LogP) is 2.72. The third kappa shape index (κ3) is 5.59. The Kier molecular flexibility index (Phi) is 7.69. The van der Waals surface area contributed by atoms with Crippen molar-refractivity contribution < 1.29 is 14.3 Å². The second-order valence-electron chi connectivity index (χ2n) is 4.35. The van der Waals surface area contributed by atoms with Gasteiger partial charge in [-0.1, -0.05) is 12.1 Å². The summed E-state index contributed by atoms with van der Waals surface area (Å²) in [4.78, 5) is 13.7. The van der Waals surface area contributed by atoms with Gasteiger partial charge in [0.2, 0.25) is 0 Å². The van der Waals surface area contributed by atoms with Gasteiger partial charge >= 0.3 is 6.03 Å². The molecule has 0 radical (unpaired) electrons. The van der Waals surface area contributed by atoms with Gasteiger partial charge in [-0.15, -0.1) is 0 Å². The SMILES string of the molecule is CCN(CC)C(=O)Nc1cccc(COCCOC)c1. The Hall–Kier alpha value is -1.59. The molecule has 1 aromatic rings. The maximum Gasteiger partial charge on any atom is 0.321 e. The van der Waals surface area contributed by atoms with Gasteiger partial charge in [0, 0.05) is 25.9 Å². The molecule has 1 rings (SSSR count). The number of benzene rings is 1. The van der Waals surface area contributed by atoms with E-state index in [1.54, 1.807) is 12.0 Å². The Bertz CT molecular complexity index is 406. The molecule has 112 valence electrons. The molecule has 0 aliphatic rings. The number of anilines is 1. The Morgan fingerprint density at radius 2 is 2.00 bits per heavy atom. The molecular weight excluding hydrogens is 256 g/mol. The second kappa shape index (κ2) is 9.34. The highest BCUT2D eigenvalue weighted by atomic mass is 16.5. The van der Waals surface area contributed by atoms with E-state index in [0.29, 0.717) is 32.9 Å². The van der Waals surface area contributed by atoms with E-state index in [0.717, 1.165) is 11.3 Å². The van der Waals surface area contributed by atoms with Crippen molar-refractivity contribution in [1.29, 1.82) is 0 Å². The van der Waals surface area contributed by atoms with Gasteiger partial charge in [0.05, 0.1) is 19.8 Å². The lowest BCUT2D eigenvalue weighted by molar-refractivity contribution is 0.0617. The molecule has 0 spiro atoms. The van der Waals surface area contributed by atoms with Crippen molar-refractivity contribution in [1.82, 2.24) is 4.90 Å². The molecule has 2 amide bonds. The lowest BCUT2D eigenvalue weighted by atomic mass is 10.2. The van der Waals surface area contributed by atoms with Gasteiger partial charge < -0.3 is 19.7 Å². The van der Waals surface area contributed by atoms with Crippen LogP contribution in [0.1, 0.15) is 19.4 Å². The van der Waals surface area contributed by atoms with Crippen molar-refractivity contribution >= 4 is 11.7 Å². The van der Waals surface area contributed by atoms with Crippen molar-refractivity contribution in [2.45, 2.75) is 20.5 Å². The van der Waals surface area contributed by atoms with Gasteiger partial charge in [-0.3, -0.25) is 0 Å². The van der Waals surface area contributed by atoms with Crippen LogP contribution in [0.4, 0.5) is 10.5 Å². The summed E-state index contributed by atoms with van der Waals surface area (Å²) in [6.07, 6.45) is 0. The summed E-state index contributed by atoms with van der Waals surface area (Å²) in [6, 6.07) is 7.61. The molecule has 20 heavy (non-hydrogen) atoms. The summed E-state index contributed by atoms with van der Waals surface area (Å²) in [7, 11) is 1.65. The lowest BCUT2D eigenvalue weighted by Crippen LogP contribution is -2.34. The van der Waals surface area contributed by atoms with Crippen LogP contribution in [0.2, 0.25) is 0 Å². The number of carbonyl (C=O) groups excluding carboxylic acids is 1. The first-order valence-corrected chi connectivity index (χ1v) is 6.92. The molecular formula is C15H24N2O3. The van der Waals surface area contributed by atoms with Crippen LogP contribution >= 0.6 is 0 Å². The number of nitrogens with one attached hydrogen (secondary N) is 1. The molecule has 5 heteroatoms. The van der Waals surface area contributed by atoms with Gasteiger partial charge in [0.25, 0.3) is 0 Å². The first kappa shape index (κ1) is 16.5. The van der Waals surface area contributed by atoms with Crippen LogP contribution in [0.25, 0.3) is 0 Å². The normalized spacial score (nSPS) is 10.3. The number of rotatable bonds is 8. The standard InChI is InChI=1S/C15H24N2O3/c1-4-17(5-2)15(18)16-14-8-6-7-13(11-14)12-20-10-9-19-3/h6-8,11H,4-5,9-10,12H2,1-3H3,(H,16,18). The Labute approximate surface area is 120 Å². The molecule has 0 heterocycles. The minimum Gasteiger partial charge on any atom is -0.382 e. The highest BCUT2D eigenvalue weighted by molar-refractivity contribution is 5.89. The average Bonchev–Trinajstić information content (AvgIpc) is 2.45. The summed E-state index contributed by atoms with van der Waals surface area (Å²) in [5.74, 6) is 0. The Morgan fingerprint density at radius 3 is 2.65 bits per heavy atom. The molecule has 0 unspecified atom stereocenters. The summed E-state index contributed by atoms with van der Waals surface area (Å²) >= 11 is 0. The quantitative estimate of drug-likeness (QED) is 0.745. The van der Waals surface area contributed by atoms with Crippen molar-refractivity contribution in [3.05, 3.63) is 29.8 Å². The molecule has 0 fully saturated rings. The number of nitrogens with zero attached hydrogens (tertiary/aromatic N) is 1. The molecule has 0 bridgehead atoms. The molecule has 0 saturated carbocycles. The molecule has 5 nitrogen and oxygen atoms in total. The van der Waals surface area contributed by atoms with E-state index in [4.69, 9.17) is 9.47 Å². The molecule has 0 saturated heterocycles. The summed E-state index contributed by atoms with van der Waals surface area (Å²) in [5.41, 5.74) is 1.81. The maximum atomic E-state index is 12.0. The Balaban J connectivity index is 2.52. The largest absolute Gasteiger partial charge is 0.382 e. The third-order valence-corrected chi connectivity index (χ3v) is 2.93. The minimum absolute atomic E-state index is 0.0764. The van der Waals surface area contributed by atoms with Crippen molar-refractivity contribution in [2.24, 2.45) is 0 Å². The van der Waals surface area contributed by atoms with Gasteiger partial charge in [0.1, 0.15) is 0 Å². The van der Waals surface area contributed by atoms with Crippen LogP contribution in [-0.4, -0.2) is 44.3 Å². The highest BCUT2D eigenvalue weighted by Crippen LogP contribution is 2.12. The molecule has 1 aromatic carbocycles. The number of hydrogen-bond donors (Lipinski definition) is 1. The summed E-state index contributed by atoms with van der Waals surface area (Å²) in [5, 5.41) is 2.89. The van der Waals surface area contributed by atoms with Gasteiger partial charge in [-0.05, 0) is 31.5 Å². The van der Waals surface area contributed by atoms with Crippen molar-refractivity contribution in [2.75, 3.05) is 38.7 Å². The topological polar surface area (TPSA) is 50.8 Å². The number of amides is 2. The summed E-state index contributed by atoms with van der Waals surface area (Å²) in [6.45, 7) is 6.97. The van der Waals surface area contributed by atoms with E-state index in [9.17, 15) is 4.79 Å². The van der Waals surface area contributed by atoms with E-state index in [-0.39, 0.29) is 6.03 Å². The predicted molar refractivity (Wildman–Crippen MR) is 79.9 cm³/mol. The van der Waals surface area contributed by atoms with E-state index in [1.165, 1.54) is 0 Å². The minimum atomic E-state index is -0.0764. The zero-order chi connectivity index (χ0) is 14.8. The zero-order valence-electron chi connectivity index (χ0n) is 12.5. The number of carbonyl (C=O) groups is 1. The van der Waals surface area contributed by atoms with Crippen LogP contribution in [0.5, 0.6) is 0 Å². The number of hydrogen-bond acceptors (Lipinski definition) is 3.